The van der Waals surface area contributed by atoms with Gasteiger partial charge >= 0.3 is 0 Å². The summed E-state index contributed by atoms with van der Waals surface area (Å²) >= 11 is 0. The third kappa shape index (κ3) is 5.27. The number of methoxy groups -OCH3 is 1. The molecule has 0 saturated heterocycles. The summed E-state index contributed by atoms with van der Waals surface area (Å²) in [5, 5.41) is 10.6. The lowest BCUT2D eigenvalue weighted by Crippen LogP contribution is -2.28. The fraction of sp³-hybridized carbons (Fsp3) is 0.455. The second-order valence-electron chi connectivity index (χ2n) is 3.98. The Bertz CT molecular complexity index is 590. The largest absolute Gasteiger partial charge is 0.397 e. The molecule has 1 rings (SSSR count). The van der Waals surface area contributed by atoms with E-state index in [1.54, 1.807) is 0 Å². The van der Waals surface area contributed by atoms with Crippen LogP contribution in [0.2, 0.25) is 0 Å². The second-order valence-corrected chi connectivity index (χ2v) is 5.72. The van der Waals surface area contributed by atoms with Gasteiger partial charge in [0, 0.05) is 25.8 Å². The molecule has 0 unspecified atom stereocenters. The lowest BCUT2D eigenvalue weighted by molar-refractivity contribution is -0.384. The summed E-state index contributed by atoms with van der Waals surface area (Å²) in [7, 11) is -2.30. The number of nitrogens with one attached hydrogen (secondary N) is 1. The molecule has 3 N–H and O–H groups in total. The first-order valence-corrected chi connectivity index (χ1v) is 7.47. The highest BCUT2D eigenvalue weighted by Crippen LogP contribution is 2.23. The van der Waals surface area contributed by atoms with E-state index in [0.29, 0.717) is 13.2 Å². The Hall–Kier alpha value is -1.75. The lowest BCUT2D eigenvalue weighted by atomic mass is 10.3. The number of nitro groups is 1. The molecule has 21 heavy (non-hydrogen) atoms. The minimum atomic E-state index is -3.84. The van der Waals surface area contributed by atoms with Crippen LogP contribution in [0.15, 0.2) is 23.1 Å². The molecule has 0 fully saturated rings. The van der Waals surface area contributed by atoms with E-state index < -0.39 is 14.9 Å². The number of ether oxygens (including phenoxy) is 2. The van der Waals surface area contributed by atoms with E-state index >= 15 is 0 Å². The minimum Gasteiger partial charge on any atom is -0.397 e. The Balaban J connectivity index is 2.64. The van der Waals surface area contributed by atoms with Gasteiger partial charge in [0.15, 0.2) is 0 Å². The van der Waals surface area contributed by atoms with Crippen molar-refractivity contribution in [3.63, 3.8) is 0 Å². The molecule has 0 bridgehead atoms. The molecule has 0 amide bonds. The number of sulfonamides is 1. The van der Waals surface area contributed by atoms with Crippen molar-refractivity contribution in [1.82, 2.24) is 4.72 Å². The molecule has 0 heterocycles. The predicted octanol–water partition coefficient (Wildman–Crippen LogP) is 0.118. The molecule has 9 nitrogen and oxygen atoms in total. The van der Waals surface area contributed by atoms with Gasteiger partial charge in [0.2, 0.25) is 10.0 Å². The average Bonchev–Trinajstić information content (AvgIpc) is 2.42. The molecule has 1 aromatic rings. The maximum Gasteiger partial charge on any atom is 0.271 e. The van der Waals surface area contributed by atoms with Crippen LogP contribution in [0.1, 0.15) is 0 Å². The van der Waals surface area contributed by atoms with Crippen LogP contribution in [0.4, 0.5) is 11.4 Å². The molecule has 1 aromatic carbocycles. The van der Waals surface area contributed by atoms with Crippen LogP contribution in [0.5, 0.6) is 0 Å². The quantitative estimate of drug-likeness (QED) is 0.286. The number of hydrogen-bond donors (Lipinski definition) is 2. The van der Waals surface area contributed by atoms with Gasteiger partial charge in [-0.15, -0.1) is 0 Å². The van der Waals surface area contributed by atoms with Crippen LogP contribution in [-0.2, 0) is 19.5 Å². The smallest absolute Gasteiger partial charge is 0.271 e. The third-order valence-corrected chi connectivity index (χ3v) is 4.00. The molecular formula is C11H17N3O6S. The van der Waals surface area contributed by atoms with E-state index in [0.717, 1.165) is 18.2 Å². The van der Waals surface area contributed by atoms with Crippen molar-refractivity contribution >= 4 is 21.4 Å². The van der Waals surface area contributed by atoms with Gasteiger partial charge in [-0.2, -0.15) is 0 Å². The number of nitrogen functional groups attached to an aromatic ring is 1. The highest BCUT2D eigenvalue weighted by atomic mass is 32.2. The predicted molar refractivity (Wildman–Crippen MR) is 75.4 cm³/mol. The van der Waals surface area contributed by atoms with Crippen LogP contribution in [-0.4, -0.2) is 46.8 Å². The van der Waals surface area contributed by atoms with E-state index in [1.807, 2.05) is 0 Å². The molecular weight excluding hydrogens is 302 g/mol. The SMILES string of the molecule is COCCOCCNS(=O)(=O)c1ccc([N+](=O)[O-])cc1N. The number of rotatable bonds is 9. The van der Waals surface area contributed by atoms with Crippen molar-refractivity contribution in [2.24, 2.45) is 0 Å². The molecule has 0 aliphatic heterocycles. The van der Waals surface area contributed by atoms with Crippen LogP contribution >= 0.6 is 0 Å². The molecule has 0 aromatic heterocycles. The maximum absolute atomic E-state index is 12.0. The zero-order valence-electron chi connectivity index (χ0n) is 11.4. The fourth-order valence-corrected chi connectivity index (χ4v) is 2.59. The molecule has 0 atom stereocenters. The van der Waals surface area contributed by atoms with E-state index in [-0.39, 0.29) is 29.4 Å². The van der Waals surface area contributed by atoms with Crippen LogP contribution in [0, 0.1) is 10.1 Å². The summed E-state index contributed by atoms with van der Waals surface area (Å²) in [4.78, 5) is 9.72. The Labute approximate surface area is 122 Å². The van der Waals surface area contributed by atoms with Gasteiger partial charge < -0.3 is 15.2 Å². The second kappa shape index (κ2) is 7.88. The molecule has 0 radical (unpaired) electrons. The molecule has 118 valence electrons. The first-order valence-electron chi connectivity index (χ1n) is 5.98. The fourth-order valence-electron chi connectivity index (χ4n) is 1.46. The van der Waals surface area contributed by atoms with Gasteiger partial charge in [-0.25, -0.2) is 13.1 Å². The van der Waals surface area contributed by atoms with E-state index in [1.165, 1.54) is 7.11 Å². The zero-order chi connectivity index (χ0) is 15.9. The number of nitro benzene ring substituents is 1. The van der Waals surface area contributed by atoms with Gasteiger partial charge in [0.05, 0.1) is 30.4 Å². The van der Waals surface area contributed by atoms with Crippen molar-refractivity contribution in [2.75, 3.05) is 39.2 Å². The Morgan fingerprint density at radius 3 is 2.62 bits per heavy atom. The number of hydrogen-bond acceptors (Lipinski definition) is 7. The summed E-state index contributed by atoms with van der Waals surface area (Å²) in [6.45, 7) is 1.01. The minimum absolute atomic E-state index is 0.0580. The zero-order valence-corrected chi connectivity index (χ0v) is 12.3. The van der Waals surface area contributed by atoms with Crippen LogP contribution in [0.3, 0.4) is 0 Å². The summed E-state index contributed by atoms with van der Waals surface area (Å²) < 4.78 is 36.1. The summed E-state index contributed by atoms with van der Waals surface area (Å²) in [5.41, 5.74) is 5.09. The Morgan fingerprint density at radius 1 is 1.33 bits per heavy atom. The molecule has 0 saturated carbocycles. The van der Waals surface area contributed by atoms with Crippen molar-refractivity contribution in [3.05, 3.63) is 28.3 Å². The lowest BCUT2D eigenvalue weighted by Gasteiger charge is -2.09. The Morgan fingerprint density at radius 2 is 2.05 bits per heavy atom. The summed E-state index contributed by atoms with van der Waals surface area (Å²) in [6, 6.07) is 3.19. The van der Waals surface area contributed by atoms with Crippen molar-refractivity contribution in [3.8, 4) is 0 Å². The van der Waals surface area contributed by atoms with E-state index in [9.17, 15) is 18.5 Å². The number of nitrogens with zero attached hydrogens (tertiary/aromatic N) is 1. The van der Waals surface area contributed by atoms with Crippen molar-refractivity contribution < 1.29 is 22.8 Å². The number of non-ortho nitro benzene ring substituents is 1. The highest BCUT2D eigenvalue weighted by Gasteiger charge is 2.19. The van der Waals surface area contributed by atoms with Crippen molar-refractivity contribution in [1.29, 1.82) is 0 Å². The summed E-state index contributed by atoms with van der Waals surface area (Å²) in [5.74, 6) is 0. The molecule has 10 heteroatoms. The van der Waals surface area contributed by atoms with Gasteiger partial charge in [-0.05, 0) is 6.07 Å². The van der Waals surface area contributed by atoms with E-state index in [4.69, 9.17) is 15.2 Å². The van der Waals surface area contributed by atoms with Gasteiger partial charge in [0.25, 0.3) is 5.69 Å². The first kappa shape index (κ1) is 17.3. The van der Waals surface area contributed by atoms with E-state index in [2.05, 4.69) is 4.72 Å². The number of benzene rings is 1. The highest BCUT2D eigenvalue weighted by molar-refractivity contribution is 7.89. The third-order valence-electron chi connectivity index (χ3n) is 2.46. The van der Waals surface area contributed by atoms with Gasteiger partial charge in [-0.1, -0.05) is 0 Å². The first-order chi connectivity index (χ1) is 9.88. The van der Waals surface area contributed by atoms with Gasteiger partial charge in [0.1, 0.15) is 4.90 Å². The topological polar surface area (TPSA) is 134 Å². The van der Waals surface area contributed by atoms with Crippen molar-refractivity contribution in [2.45, 2.75) is 4.90 Å². The molecule has 0 aliphatic carbocycles. The Kier molecular flexibility index (Phi) is 6.49. The average molecular weight is 319 g/mol. The number of nitrogens with two attached hydrogens (primary N) is 1. The number of anilines is 1. The molecule has 0 aliphatic rings. The van der Waals surface area contributed by atoms with Crippen LogP contribution < -0.4 is 10.5 Å². The van der Waals surface area contributed by atoms with Crippen LogP contribution in [0.25, 0.3) is 0 Å². The monoisotopic (exact) mass is 319 g/mol. The summed E-state index contributed by atoms with van der Waals surface area (Å²) in [6.07, 6.45) is 0. The normalized spacial score (nSPS) is 11.5. The standard InChI is InChI=1S/C11H17N3O6S/c1-19-6-7-20-5-4-13-21(17,18)11-3-2-9(14(15)16)8-10(11)12/h2-3,8,13H,4-7,12H2,1H3. The maximum atomic E-state index is 12.0. The molecule has 0 spiro atoms. The van der Waals surface area contributed by atoms with Gasteiger partial charge in [-0.3, -0.25) is 10.1 Å².